The van der Waals surface area contributed by atoms with Crippen LogP contribution in [-0.4, -0.2) is 29.7 Å². The van der Waals surface area contributed by atoms with Crippen LogP contribution >= 0.6 is 0 Å². The molecule has 1 N–H and O–H groups in total. The number of fused-ring (bicyclic) bond motifs is 3. The molecule has 1 atom stereocenters. The Morgan fingerprint density at radius 3 is 2.61 bits per heavy atom. The van der Waals surface area contributed by atoms with Crippen molar-refractivity contribution in [3.8, 4) is 17.2 Å². The summed E-state index contributed by atoms with van der Waals surface area (Å²) in [5.41, 5.74) is 3.94. The molecule has 1 aliphatic heterocycles. The molecule has 0 bridgehead atoms. The van der Waals surface area contributed by atoms with Crippen LogP contribution in [0, 0.1) is 0 Å². The number of hydrogen-bond acceptors (Lipinski definition) is 3. The summed E-state index contributed by atoms with van der Waals surface area (Å²) in [4.78, 5) is 15.0. The molecule has 0 spiro atoms. The molecule has 6 nitrogen and oxygen atoms in total. The average molecular weight is 377 g/mol. The maximum atomic E-state index is 13.2. The standard InChI is InChI=1S/C22H23N3O3/c1-15-18-9-6-12-24(18)19-8-5-4-7-16(19)14-25(15)22(26)23-17-10-11-20(27-2)21(13-17)28-3/h4-13,15H,14H2,1-3H3,(H,23,26)/t15-/m0/s1. The van der Waals surface area contributed by atoms with Crippen LogP contribution in [0.2, 0.25) is 0 Å². The van der Waals surface area contributed by atoms with E-state index in [4.69, 9.17) is 9.47 Å². The summed E-state index contributed by atoms with van der Waals surface area (Å²) in [6.07, 6.45) is 2.04. The Labute approximate surface area is 164 Å². The lowest BCUT2D eigenvalue weighted by atomic mass is 10.1. The van der Waals surface area contributed by atoms with Crippen molar-refractivity contribution in [3.05, 3.63) is 72.1 Å². The zero-order chi connectivity index (χ0) is 19.7. The molecule has 0 saturated carbocycles. The minimum absolute atomic E-state index is 0.0810. The molecule has 0 unspecified atom stereocenters. The highest BCUT2D eigenvalue weighted by Gasteiger charge is 2.28. The number of methoxy groups -OCH3 is 2. The number of urea groups is 1. The van der Waals surface area contributed by atoms with Gasteiger partial charge in [0.15, 0.2) is 11.5 Å². The number of carbonyl (C=O) groups is 1. The molecule has 1 aromatic heterocycles. The van der Waals surface area contributed by atoms with Gasteiger partial charge in [0.25, 0.3) is 0 Å². The van der Waals surface area contributed by atoms with Crippen molar-refractivity contribution in [2.45, 2.75) is 19.5 Å². The van der Waals surface area contributed by atoms with Gasteiger partial charge >= 0.3 is 6.03 Å². The molecule has 2 heterocycles. The van der Waals surface area contributed by atoms with Crippen LogP contribution < -0.4 is 14.8 Å². The molecule has 144 valence electrons. The van der Waals surface area contributed by atoms with Crippen molar-refractivity contribution in [1.29, 1.82) is 0 Å². The molecule has 4 rings (SSSR count). The fourth-order valence-corrected chi connectivity index (χ4v) is 3.67. The summed E-state index contributed by atoms with van der Waals surface area (Å²) in [6, 6.07) is 17.3. The van der Waals surface area contributed by atoms with Crippen LogP contribution in [0.1, 0.15) is 24.2 Å². The van der Waals surface area contributed by atoms with E-state index in [1.54, 1.807) is 32.4 Å². The molecular weight excluding hydrogens is 354 g/mol. The van der Waals surface area contributed by atoms with Crippen molar-refractivity contribution >= 4 is 11.7 Å². The number of hydrogen-bond donors (Lipinski definition) is 1. The van der Waals surface area contributed by atoms with E-state index < -0.39 is 0 Å². The van der Waals surface area contributed by atoms with E-state index in [2.05, 4.69) is 28.1 Å². The van der Waals surface area contributed by atoms with Crippen molar-refractivity contribution in [1.82, 2.24) is 9.47 Å². The number of aromatic nitrogens is 1. The van der Waals surface area contributed by atoms with Crippen LogP contribution in [0.15, 0.2) is 60.8 Å². The molecule has 0 fully saturated rings. The van der Waals surface area contributed by atoms with E-state index >= 15 is 0 Å². The highest BCUT2D eigenvalue weighted by molar-refractivity contribution is 5.90. The average Bonchev–Trinajstić information content (AvgIpc) is 3.17. The molecule has 2 aromatic carbocycles. The molecule has 6 heteroatoms. The van der Waals surface area contributed by atoms with E-state index in [1.807, 2.05) is 36.2 Å². The first-order chi connectivity index (χ1) is 13.6. The Kier molecular flexibility index (Phi) is 4.69. The van der Waals surface area contributed by atoms with Crippen LogP contribution in [0.5, 0.6) is 11.5 Å². The van der Waals surface area contributed by atoms with Gasteiger partial charge in [-0.1, -0.05) is 18.2 Å². The largest absolute Gasteiger partial charge is 0.493 e. The molecule has 28 heavy (non-hydrogen) atoms. The third-order valence-electron chi connectivity index (χ3n) is 5.16. The van der Waals surface area contributed by atoms with Gasteiger partial charge in [-0.2, -0.15) is 0 Å². The van der Waals surface area contributed by atoms with Crippen LogP contribution in [-0.2, 0) is 6.54 Å². The van der Waals surface area contributed by atoms with Gasteiger partial charge in [-0.25, -0.2) is 4.79 Å². The monoisotopic (exact) mass is 377 g/mol. The van der Waals surface area contributed by atoms with Crippen molar-refractivity contribution in [3.63, 3.8) is 0 Å². The predicted octanol–water partition coefficient (Wildman–Crippen LogP) is 4.60. The minimum atomic E-state index is -0.163. The second-order valence-corrected chi connectivity index (χ2v) is 6.74. The normalized spacial score (nSPS) is 15.2. The second kappa shape index (κ2) is 7.31. The quantitative estimate of drug-likeness (QED) is 0.726. The van der Waals surface area contributed by atoms with E-state index in [1.165, 1.54) is 0 Å². The van der Waals surface area contributed by atoms with Gasteiger partial charge in [-0.15, -0.1) is 0 Å². The molecule has 0 radical (unpaired) electrons. The van der Waals surface area contributed by atoms with Gasteiger partial charge in [0, 0.05) is 23.6 Å². The number of nitrogens with one attached hydrogen (secondary N) is 1. The van der Waals surface area contributed by atoms with Crippen LogP contribution in [0.3, 0.4) is 0 Å². The topological polar surface area (TPSA) is 55.7 Å². The Morgan fingerprint density at radius 1 is 1.04 bits per heavy atom. The molecule has 0 saturated heterocycles. The first-order valence-electron chi connectivity index (χ1n) is 9.17. The Bertz CT molecular complexity index is 1010. The summed E-state index contributed by atoms with van der Waals surface area (Å²) in [5, 5.41) is 2.99. The number of nitrogens with zero attached hydrogens (tertiary/aromatic N) is 2. The first-order valence-corrected chi connectivity index (χ1v) is 9.17. The molecule has 3 aromatic rings. The van der Waals surface area contributed by atoms with Crippen LogP contribution in [0.25, 0.3) is 5.69 Å². The van der Waals surface area contributed by atoms with Crippen molar-refractivity contribution in [2.75, 3.05) is 19.5 Å². The summed E-state index contributed by atoms with van der Waals surface area (Å²) >= 11 is 0. The summed E-state index contributed by atoms with van der Waals surface area (Å²) < 4.78 is 12.8. The molecule has 0 aliphatic carbocycles. The number of anilines is 1. The van der Waals surface area contributed by atoms with Gasteiger partial charge in [-0.3, -0.25) is 0 Å². The number of ether oxygens (including phenoxy) is 2. The number of para-hydroxylation sites is 1. The molecule has 1 aliphatic rings. The number of rotatable bonds is 3. The lowest BCUT2D eigenvalue weighted by Crippen LogP contribution is -2.36. The minimum Gasteiger partial charge on any atom is -0.493 e. The zero-order valence-electron chi connectivity index (χ0n) is 16.2. The third-order valence-corrected chi connectivity index (χ3v) is 5.16. The van der Waals surface area contributed by atoms with Gasteiger partial charge in [0.05, 0.1) is 32.5 Å². The van der Waals surface area contributed by atoms with E-state index in [9.17, 15) is 4.79 Å². The maximum absolute atomic E-state index is 13.2. The SMILES string of the molecule is COc1ccc(NC(=O)N2Cc3ccccc3-n3cccc3[C@@H]2C)cc1OC. The fourth-order valence-electron chi connectivity index (χ4n) is 3.67. The lowest BCUT2D eigenvalue weighted by Gasteiger charge is -2.27. The number of amides is 2. The highest BCUT2D eigenvalue weighted by Crippen LogP contribution is 2.33. The number of benzene rings is 2. The maximum Gasteiger partial charge on any atom is 0.322 e. The van der Waals surface area contributed by atoms with E-state index in [0.717, 1.165) is 16.9 Å². The van der Waals surface area contributed by atoms with E-state index in [-0.39, 0.29) is 12.1 Å². The van der Waals surface area contributed by atoms with Crippen LogP contribution in [0.4, 0.5) is 10.5 Å². The smallest absolute Gasteiger partial charge is 0.322 e. The Balaban J connectivity index is 1.65. The summed E-state index contributed by atoms with van der Waals surface area (Å²) in [5.74, 6) is 1.19. The highest BCUT2D eigenvalue weighted by atomic mass is 16.5. The van der Waals surface area contributed by atoms with Gasteiger partial charge < -0.3 is 24.3 Å². The fraction of sp³-hybridized carbons (Fsp3) is 0.227. The van der Waals surface area contributed by atoms with Gasteiger partial charge in [0.2, 0.25) is 0 Å². The molecular formula is C22H23N3O3. The first kappa shape index (κ1) is 18.0. The van der Waals surface area contributed by atoms with E-state index in [0.29, 0.717) is 23.7 Å². The number of carbonyl (C=O) groups excluding carboxylic acids is 1. The molecule has 2 amide bonds. The summed E-state index contributed by atoms with van der Waals surface area (Å²) in [7, 11) is 3.16. The lowest BCUT2D eigenvalue weighted by molar-refractivity contribution is 0.189. The summed E-state index contributed by atoms with van der Waals surface area (Å²) in [6.45, 7) is 2.57. The Hall–Kier alpha value is -3.41. The second-order valence-electron chi connectivity index (χ2n) is 6.74. The Morgan fingerprint density at radius 2 is 1.82 bits per heavy atom. The van der Waals surface area contributed by atoms with Crippen molar-refractivity contribution in [2.24, 2.45) is 0 Å². The third kappa shape index (κ3) is 3.07. The van der Waals surface area contributed by atoms with Gasteiger partial charge in [-0.05, 0) is 42.8 Å². The predicted molar refractivity (Wildman–Crippen MR) is 108 cm³/mol. The van der Waals surface area contributed by atoms with Crippen molar-refractivity contribution < 1.29 is 14.3 Å². The van der Waals surface area contributed by atoms with Gasteiger partial charge in [0.1, 0.15) is 0 Å². The zero-order valence-corrected chi connectivity index (χ0v) is 16.2.